The van der Waals surface area contributed by atoms with Gasteiger partial charge in [0.15, 0.2) is 5.78 Å². The van der Waals surface area contributed by atoms with Crippen molar-refractivity contribution in [3.05, 3.63) is 101 Å². The number of carbonyl (C=O) groups excluding carboxylic acids is 1. The molecular formula is C26H24ClNO2. The summed E-state index contributed by atoms with van der Waals surface area (Å²) >= 11 is 5.97. The van der Waals surface area contributed by atoms with Crippen molar-refractivity contribution in [2.45, 2.75) is 24.9 Å². The average molecular weight is 418 g/mol. The quantitative estimate of drug-likeness (QED) is 0.493. The lowest BCUT2D eigenvalue weighted by Crippen LogP contribution is -2.17. The maximum absolute atomic E-state index is 11.1. The monoisotopic (exact) mass is 417 g/mol. The van der Waals surface area contributed by atoms with E-state index in [0.717, 1.165) is 23.6 Å². The van der Waals surface area contributed by atoms with Crippen molar-refractivity contribution in [2.24, 2.45) is 0 Å². The van der Waals surface area contributed by atoms with Crippen LogP contribution in [0.25, 0.3) is 17.2 Å². The van der Waals surface area contributed by atoms with Gasteiger partial charge in [-0.1, -0.05) is 78.3 Å². The molecule has 2 unspecified atom stereocenters. The number of hydrogen-bond donors (Lipinski definition) is 2. The second-order valence-corrected chi connectivity index (χ2v) is 8.09. The molecule has 30 heavy (non-hydrogen) atoms. The molecule has 152 valence electrons. The van der Waals surface area contributed by atoms with Crippen LogP contribution in [-0.4, -0.2) is 23.5 Å². The molecule has 0 radical (unpaired) electrons. The van der Waals surface area contributed by atoms with Gasteiger partial charge in [-0.2, -0.15) is 0 Å². The van der Waals surface area contributed by atoms with Crippen molar-refractivity contribution in [1.82, 2.24) is 5.32 Å². The van der Waals surface area contributed by atoms with Crippen LogP contribution in [-0.2, 0) is 11.3 Å². The molecule has 1 aliphatic rings. The van der Waals surface area contributed by atoms with E-state index < -0.39 is 6.61 Å². The first-order valence-corrected chi connectivity index (χ1v) is 10.5. The van der Waals surface area contributed by atoms with Crippen LogP contribution in [0.15, 0.2) is 78.9 Å². The minimum absolute atomic E-state index is 0.290. The molecule has 3 nitrogen and oxygen atoms in total. The molecule has 3 aromatic carbocycles. The highest BCUT2D eigenvalue weighted by Gasteiger charge is 2.37. The van der Waals surface area contributed by atoms with Crippen molar-refractivity contribution in [1.29, 1.82) is 0 Å². The van der Waals surface area contributed by atoms with Gasteiger partial charge in [0, 0.05) is 23.5 Å². The smallest absolute Gasteiger partial charge is 0.181 e. The fraction of sp³-hybridized carbons (Fsp3) is 0.192. The maximum atomic E-state index is 11.1. The maximum Gasteiger partial charge on any atom is 0.181 e. The molecular weight excluding hydrogens is 394 g/mol. The molecule has 0 amide bonds. The standard InChI is InChI=1S/C26H24ClNO2/c27-23-12-10-21(11-13-23)20-6-8-22(9-7-20)25-15-26(25)28-16-19-3-1-18(2-4-19)5-14-24(30)17-29/h1-14,25-26,28-29H,15-17H2/b14-5+. The lowest BCUT2D eigenvalue weighted by Gasteiger charge is -2.07. The zero-order valence-electron chi connectivity index (χ0n) is 16.6. The van der Waals surface area contributed by atoms with Gasteiger partial charge >= 0.3 is 0 Å². The van der Waals surface area contributed by atoms with Crippen LogP contribution in [0.3, 0.4) is 0 Å². The summed E-state index contributed by atoms with van der Waals surface area (Å²) in [7, 11) is 0. The number of rotatable bonds is 8. The zero-order valence-corrected chi connectivity index (χ0v) is 17.3. The highest BCUT2D eigenvalue weighted by Crippen LogP contribution is 2.41. The van der Waals surface area contributed by atoms with Crippen LogP contribution in [0.4, 0.5) is 0 Å². The van der Waals surface area contributed by atoms with Crippen molar-refractivity contribution in [3.63, 3.8) is 0 Å². The third-order valence-electron chi connectivity index (χ3n) is 5.47. The molecule has 0 spiro atoms. The van der Waals surface area contributed by atoms with Crippen LogP contribution in [0.1, 0.15) is 29.0 Å². The topological polar surface area (TPSA) is 49.3 Å². The van der Waals surface area contributed by atoms with Crippen molar-refractivity contribution < 1.29 is 9.90 Å². The summed E-state index contributed by atoms with van der Waals surface area (Å²) in [5.41, 5.74) is 5.92. The Bertz CT molecular complexity index is 1020. The summed E-state index contributed by atoms with van der Waals surface area (Å²) in [5, 5.41) is 13.1. The Kier molecular flexibility index (Phi) is 6.44. The van der Waals surface area contributed by atoms with Gasteiger partial charge in [-0.3, -0.25) is 4.79 Å². The molecule has 1 saturated carbocycles. The Hall–Kier alpha value is -2.72. The number of nitrogens with one attached hydrogen (secondary N) is 1. The average Bonchev–Trinajstić information content (AvgIpc) is 3.57. The normalized spacial score (nSPS) is 17.9. The van der Waals surface area contributed by atoms with E-state index in [1.165, 1.54) is 28.3 Å². The van der Waals surface area contributed by atoms with E-state index in [9.17, 15) is 4.79 Å². The summed E-state index contributed by atoms with van der Waals surface area (Å²) in [6.45, 7) is 0.370. The Morgan fingerprint density at radius 1 is 0.967 bits per heavy atom. The van der Waals surface area contributed by atoms with Gasteiger partial charge < -0.3 is 10.4 Å². The Morgan fingerprint density at radius 2 is 1.60 bits per heavy atom. The van der Waals surface area contributed by atoms with Crippen molar-refractivity contribution in [3.8, 4) is 11.1 Å². The van der Waals surface area contributed by atoms with E-state index in [1.54, 1.807) is 6.08 Å². The van der Waals surface area contributed by atoms with E-state index >= 15 is 0 Å². The molecule has 1 aliphatic carbocycles. The fourth-order valence-electron chi connectivity index (χ4n) is 3.59. The number of ketones is 1. The highest BCUT2D eigenvalue weighted by molar-refractivity contribution is 6.30. The molecule has 4 rings (SSSR count). The van der Waals surface area contributed by atoms with Crippen LogP contribution in [0.5, 0.6) is 0 Å². The molecule has 1 fully saturated rings. The molecule has 0 heterocycles. The van der Waals surface area contributed by atoms with Crippen LogP contribution >= 0.6 is 11.6 Å². The summed E-state index contributed by atoms with van der Waals surface area (Å²) < 4.78 is 0. The first-order valence-electron chi connectivity index (χ1n) is 10.1. The summed E-state index contributed by atoms with van der Waals surface area (Å²) in [6, 6.07) is 25.4. The number of carbonyl (C=O) groups is 1. The third-order valence-corrected chi connectivity index (χ3v) is 5.72. The molecule has 3 aromatic rings. The van der Waals surface area contributed by atoms with Gasteiger partial charge in [-0.05, 0) is 52.4 Å². The van der Waals surface area contributed by atoms with Gasteiger partial charge in [0.05, 0.1) is 0 Å². The largest absolute Gasteiger partial charge is 0.388 e. The van der Waals surface area contributed by atoms with Crippen molar-refractivity contribution >= 4 is 23.5 Å². The molecule has 0 aromatic heterocycles. The predicted octanol–water partition coefficient (Wildman–Crippen LogP) is 5.23. The molecule has 0 aliphatic heterocycles. The first-order chi connectivity index (χ1) is 14.6. The Morgan fingerprint density at radius 3 is 2.23 bits per heavy atom. The van der Waals surface area contributed by atoms with E-state index in [0.29, 0.717) is 12.0 Å². The van der Waals surface area contributed by atoms with Gasteiger partial charge in [-0.25, -0.2) is 0 Å². The lowest BCUT2D eigenvalue weighted by atomic mass is 10.0. The molecule has 2 N–H and O–H groups in total. The SMILES string of the molecule is O=C(/C=C/c1ccc(CNC2CC2c2ccc(-c3ccc(Cl)cc3)cc2)cc1)CO. The Labute approximate surface area is 182 Å². The predicted molar refractivity (Wildman–Crippen MR) is 122 cm³/mol. The molecule has 0 saturated heterocycles. The number of halogens is 1. The summed E-state index contributed by atoms with van der Waals surface area (Å²) in [5.74, 6) is 0.276. The molecule has 4 heteroatoms. The zero-order chi connectivity index (χ0) is 20.9. The highest BCUT2D eigenvalue weighted by atomic mass is 35.5. The minimum atomic E-state index is -0.453. The van der Waals surface area contributed by atoms with Gasteiger partial charge in [0.25, 0.3) is 0 Å². The second kappa shape index (κ2) is 9.40. The second-order valence-electron chi connectivity index (χ2n) is 7.66. The first kappa shape index (κ1) is 20.5. The minimum Gasteiger partial charge on any atom is -0.388 e. The van der Waals surface area contributed by atoms with Gasteiger partial charge in [0.2, 0.25) is 0 Å². The van der Waals surface area contributed by atoms with Crippen molar-refractivity contribution in [2.75, 3.05) is 6.61 Å². The molecule has 0 bridgehead atoms. The van der Waals surface area contributed by atoms with E-state index in [4.69, 9.17) is 16.7 Å². The lowest BCUT2D eigenvalue weighted by molar-refractivity contribution is -0.117. The van der Waals surface area contributed by atoms with Crippen LogP contribution in [0, 0.1) is 0 Å². The number of hydrogen-bond acceptors (Lipinski definition) is 3. The fourth-order valence-corrected chi connectivity index (χ4v) is 3.72. The van der Waals surface area contributed by atoms with Gasteiger partial charge in [0.1, 0.15) is 6.61 Å². The van der Waals surface area contributed by atoms with Crippen LogP contribution < -0.4 is 5.32 Å². The Balaban J connectivity index is 1.28. The van der Waals surface area contributed by atoms with E-state index in [1.807, 2.05) is 36.4 Å². The van der Waals surface area contributed by atoms with E-state index in [2.05, 4.69) is 41.7 Å². The molecule has 2 atom stereocenters. The number of aliphatic hydroxyl groups is 1. The number of benzene rings is 3. The van der Waals surface area contributed by atoms with Gasteiger partial charge in [-0.15, -0.1) is 0 Å². The summed E-state index contributed by atoms with van der Waals surface area (Å²) in [4.78, 5) is 11.1. The van der Waals surface area contributed by atoms with E-state index in [-0.39, 0.29) is 5.78 Å². The van der Waals surface area contributed by atoms with Crippen LogP contribution in [0.2, 0.25) is 5.02 Å². The number of aliphatic hydroxyl groups excluding tert-OH is 1. The summed E-state index contributed by atoms with van der Waals surface area (Å²) in [6.07, 6.45) is 4.28. The third kappa shape index (κ3) is 5.25.